The minimum atomic E-state index is -0.126. The molecule has 104 valence electrons. The zero-order valence-electron chi connectivity index (χ0n) is 11.4. The van der Waals surface area contributed by atoms with Crippen LogP contribution in [0.25, 0.3) is 10.8 Å². The van der Waals surface area contributed by atoms with E-state index >= 15 is 0 Å². The van der Waals surface area contributed by atoms with Crippen LogP contribution in [-0.2, 0) is 0 Å². The molecule has 1 aromatic heterocycles. The van der Waals surface area contributed by atoms with Gasteiger partial charge in [-0.05, 0) is 37.1 Å². The molecule has 0 atom stereocenters. The Morgan fingerprint density at radius 2 is 2.15 bits per heavy atom. The number of hydrogen-bond acceptors (Lipinski definition) is 2. The maximum Gasteiger partial charge on any atom is 0.270 e. The van der Waals surface area contributed by atoms with Crippen molar-refractivity contribution in [1.82, 2.24) is 10.3 Å². The molecule has 4 heteroatoms. The predicted octanol–water partition coefficient (Wildman–Crippen LogP) is 3.95. The van der Waals surface area contributed by atoms with E-state index in [2.05, 4.69) is 17.2 Å². The van der Waals surface area contributed by atoms with Crippen LogP contribution in [-0.4, -0.2) is 16.4 Å². The van der Waals surface area contributed by atoms with Crippen LogP contribution < -0.4 is 5.32 Å². The van der Waals surface area contributed by atoms with Crippen molar-refractivity contribution in [2.24, 2.45) is 0 Å². The molecule has 0 bridgehead atoms. The van der Waals surface area contributed by atoms with E-state index in [4.69, 9.17) is 11.6 Å². The molecule has 1 aliphatic carbocycles. The summed E-state index contributed by atoms with van der Waals surface area (Å²) in [7, 11) is 0. The van der Waals surface area contributed by atoms with Gasteiger partial charge >= 0.3 is 0 Å². The van der Waals surface area contributed by atoms with E-state index in [0.29, 0.717) is 10.8 Å². The summed E-state index contributed by atoms with van der Waals surface area (Å²) in [5.41, 5.74) is 0.366. The molecule has 0 aliphatic heterocycles. The molecule has 3 nitrogen and oxygen atoms in total. The smallest absolute Gasteiger partial charge is 0.270 e. The molecule has 0 unspecified atom stereocenters. The van der Waals surface area contributed by atoms with Crippen LogP contribution in [0.5, 0.6) is 0 Å². The number of rotatable bonds is 3. The van der Waals surface area contributed by atoms with Crippen LogP contribution in [0.15, 0.2) is 30.3 Å². The van der Waals surface area contributed by atoms with Crippen LogP contribution in [0.2, 0.25) is 5.15 Å². The molecular weight excluding hydrogens is 272 g/mol. The van der Waals surface area contributed by atoms with Crippen LogP contribution >= 0.6 is 11.6 Å². The van der Waals surface area contributed by atoms with Crippen LogP contribution in [0.3, 0.4) is 0 Å². The van der Waals surface area contributed by atoms with Gasteiger partial charge in [0.15, 0.2) is 0 Å². The van der Waals surface area contributed by atoms with Crippen molar-refractivity contribution in [3.05, 3.63) is 41.2 Å². The summed E-state index contributed by atoms with van der Waals surface area (Å²) in [5.74, 6) is -0.126. The van der Waals surface area contributed by atoms with Crippen LogP contribution in [0, 0.1) is 0 Å². The summed E-state index contributed by atoms with van der Waals surface area (Å²) >= 11 is 6.17. The standard InChI is InChI=1S/C16H17ClN2O/c1-2-16(8-5-9-16)19-15(20)13-10-11-6-3-4-7-12(11)14(17)18-13/h3-4,6-7,10H,2,5,8-9H2,1H3,(H,19,20). The first-order valence-electron chi connectivity index (χ1n) is 7.01. The fourth-order valence-corrected chi connectivity index (χ4v) is 3.01. The van der Waals surface area contributed by atoms with Crippen molar-refractivity contribution in [3.63, 3.8) is 0 Å². The molecular formula is C16H17ClN2O. The number of aromatic nitrogens is 1. The van der Waals surface area contributed by atoms with E-state index < -0.39 is 0 Å². The van der Waals surface area contributed by atoms with Gasteiger partial charge in [0, 0.05) is 10.9 Å². The highest BCUT2D eigenvalue weighted by Gasteiger charge is 2.36. The SMILES string of the molecule is CCC1(NC(=O)c2cc3ccccc3c(Cl)n2)CCC1. The number of benzene rings is 1. The Labute approximate surface area is 123 Å². The topological polar surface area (TPSA) is 42.0 Å². The van der Waals surface area contributed by atoms with E-state index in [0.717, 1.165) is 30.0 Å². The monoisotopic (exact) mass is 288 g/mol. The fraction of sp³-hybridized carbons (Fsp3) is 0.375. The van der Waals surface area contributed by atoms with Gasteiger partial charge in [0.2, 0.25) is 0 Å². The molecule has 1 aromatic carbocycles. The lowest BCUT2D eigenvalue weighted by Gasteiger charge is -2.41. The van der Waals surface area contributed by atoms with E-state index in [9.17, 15) is 4.79 Å². The maximum absolute atomic E-state index is 12.4. The van der Waals surface area contributed by atoms with E-state index in [1.165, 1.54) is 6.42 Å². The fourth-order valence-electron chi connectivity index (χ4n) is 2.75. The summed E-state index contributed by atoms with van der Waals surface area (Å²) in [6, 6.07) is 9.50. The minimum Gasteiger partial charge on any atom is -0.345 e. The molecule has 0 spiro atoms. The molecule has 1 fully saturated rings. The third kappa shape index (κ3) is 2.27. The number of nitrogens with zero attached hydrogens (tertiary/aromatic N) is 1. The van der Waals surface area contributed by atoms with Gasteiger partial charge in [-0.2, -0.15) is 0 Å². The molecule has 1 heterocycles. The summed E-state index contributed by atoms with van der Waals surface area (Å²) in [4.78, 5) is 16.6. The van der Waals surface area contributed by atoms with E-state index in [1.807, 2.05) is 24.3 Å². The number of hydrogen-bond donors (Lipinski definition) is 1. The predicted molar refractivity (Wildman–Crippen MR) is 81.1 cm³/mol. The van der Waals surface area contributed by atoms with Crippen molar-refractivity contribution in [2.45, 2.75) is 38.1 Å². The number of carbonyl (C=O) groups is 1. The molecule has 1 amide bonds. The average Bonchev–Trinajstić information content (AvgIpc) is 2.42. The van der Waals surface area contributed by atoms with Gasteiger partial charge in [-0.3, -0.25) is 4.79 Å². The first-order valence-corrected chi connectivity index (χ1v) is 7.39. The molecule has 1 saturated carbocycles. The highest BCUT2D eigenvalue weighted by atomic mass is 35.5. The second kappa shape index (κ2) is 5.06. The van der Waals surface area contributed by atoms with Gasteiger partial charge in [-0.15, -0.1) is 0 Å². The normalized spacial score (nSPS) is 16.7. The van der Waals surface area contributed by atoms with Gasteiger partial charge < -0.3 is 5.32 Å². The Balaban J connectivity index is 1.92. The van der Waals surface area contributed by atoms with Gasteiger partial charge in [0.1, 0.15) is 10.8 Å². The summed E-state index contributed by atoms with van der Waals surface area (Å²) in [6.45, 7) is 2.11. The molecule has 2 aromatic rings. The Morgan fingerprint density at radius 3 is 2.80 bits per heavy atom. The lowest BCUT2D eigenvalue weighted by molar-refractivity contribution is 0.0815. The van der Waals surface area contributed by atoms with Crippen LogP contribution in [0.4, 0.5) is 0 Å². The number of fused-ring (bicyclic) bond motifs is 1. The summed E-state index contributed by atoms with van der Waals surface area (Å²) in [5, 5.41) is 5.33. The van der Waals surface area contributed by atoms with Crippen molar-refractivity contribution >= 4 is 28.3 Å². The maximum atomic E-state index is 12.4. The Morgan fingerprint density at radius 1 is 1.40 bits per heavy atom. The first kappa shape index (κ1) is 13.4. The van der Waals surface area contributed by atoms with Crippen molar-refractivity contribution in [3.8, 4) is 0 Å². The van der Waals surface area contributed by atoms with Gasteiger partial charge in [0.05, 0.1) is 0 Å². The van der Waals surface area contributed by atoms with Crippen LogP contribution in [0.1, 0.15) is 43.1 Å². The number of nitrogens with one attached hydrogen (secondary N) is 1. The summed E-state index contributed by atoms with van der Waals surface area (Å²) < 4.78 is 0. The number of pyridine rings is 1. The second-order valence-corrected chi connectivity index (χ2v) is 5.82. The number of amides is 1. The lowest BCUT2D eigenvalue weighted by Crippen LogP contribution is -2.53. The average molecular weight is 289 g/mol. The Bertz CT molecular complexity index is 659. The highest BCUT2D eigenvalue weighted by Crippen LogP contribution is 2.35. The zero-order valence-corrected chi connectivity index (χ0v) is 12.2. The third-order valence-electron chi connectivity index (χ3n) is 4.29. The number of carbonyl (C=O) groups excluding carboxylic acids is 1. The van der Waals surface area contributed by atoms with Crippen molar-refractivity contribution < 1.29 is 4.79 Å². The molecule has 1 N–H and O–H groups in total. The Hall–Kier alpha value is -1.61. The molecule has 0 radical (unpaired) electrons. The Kier molecular flexibility index (Phi) is 3.38. The molecule has 3 rings (SSSR count). The second-order valence-electron chi connectivity index (χ2n) is 5.46. The van der Waals surface area contributed by atoms with Crippen molar-refractivity contribution in [1.29, 1.82) is 0 Å². The van der Waals surface area contributed by atoms with Gasteiger partial charge in [0.25, 0.3) is 5.91 Å². The summed E-state index contributed by atoms with van der Waals surface area (Å²) in [6.07, 6.45) is 4.24. The van der Waals surface area contributed by atoms with E-state index in [1.54, 1.807) is 6.07 Å². The first-order chi connectivity index (χ1) is 9.63. The largest absolute Gasteiger partial charge is 0.345 e. The van der Waals surface area contributed by atoms with Crippen molar-refractivity contribution in [2.75, 3.05) is 0 Å². The molecule has 20 heavy (non-hydrogen) atoms. The van der Waals surface area contributed by atoms with E-state index in [-0.39, 0.29) is 11.4 Å². The lowest BCUT2D eigenvalue weighted by atomic mass is 9.75. The highest BCUT2D eigenvalue weighted by molar-refractivity contribution is 6.34. The number of halogens is 1. The zero-order chi connectivity index (χ0) is 14.2. The molecule has 1 aliphatic rings. The van der Waals surface area contributed by atoms with Gasteiger partial charge in [-0.1, -0.05) is 42.8 Å². The van der Waals surface area contributed by atoms with Gasteiger partial charge in [-0.25, -0.2) is 4.98 Å². The minimum absolute atomic E-state index is 0.0309. The quantitative estimate of drug-likeness (QED) is 0.869. The molecule has 0 saturated heterocycles. The third-order valence-corrected chi connectivity index (χ3v) is 4.58.